The highest BCUT2D eigenvalue weighted by atomic mass is 35.5. The van der Waals surface area contributed by atoms with Crippen LogP contribution in [0.3, 0.4) is 0 Å². The van der Waals surface area contributed by atoms with Crippen molar-refractivity contribution in [2.24, 2.45) is 0 Å². The summed E-state index contributed by atoms with van der Waals surface area (Å²) in [6.07, 6.45) is -1.99. The van der Waals surface area contributed by atoms with Crippen LogP contribution < -0.4 is 0 Å². The molecule has 1 rings (SSSR count). The van der Waals surface area contributed by atoms with Gasteiger partial charge in [-0.15, -0.1) is 0 Å². The molecule has 1 aromatic heterocycles. The van der Waals surface area contributed by atoms with Gasteiger partial charge in [-0.25, -0.2) is 8.78 Å². The van der Waals surface area contributed by atoms with Crippen molar-refractivity contribution in [2.75, 3.05) is 0 Å². The van der Waals surface area contributed by atoms with Crippen LogP contribution in [-0.4, -0.2) is 16.1 Å². The van der Waals surface area contributed by atoms with Gasteiger partial charge in [0.25, 0.3) is 6.43 Å². The molecule has 0 aliphatic rings. The molecule has 3 nitrogen and oxygen atoms in total. The van der Waals surface area contributed by atoms with E-state index in [-0.39, 0.29) is 21.8 Å². The number of aryl methyl sites for hydroxylation is 1. The average molecular weight is 236 g/mol. The van der Waals surface area contributed by atoms with Crippen molar-refractivity contribution in [3.63, 3.8) is 0 Å². The van der Waals surface area contributed by atoms with Crippen LogP contribution >= 0.6 is 11.6 Å². The second kappa shape index (κ2) is 4.53. The molecule has 1 heterocycles. The van der Waals surface area contributed by atoms with Crippen molar-refractivity contribution in [3.8, 4) is 0 Å². The van der Waals surface area contributed by atoms with Crippen LogP contribution in [0.2, 0.25) is 5.02 Å². The molecule has 0 spiro atoms. The molecule has 0 aliphatic heterocycles. The summed E-state index contributed by atoms with van der Waals surface area (Å²) in [6, 6.07) is 0. The van der Waals surface area contributed by atoms with E-state index in [1.807, 2.05) is 0 Å². The average Bonchev–Trinajstić information content (AvgIpc) is 2.09. The summed E-state index contributed by atoms with van der Waals surface area (Å²) >= 11 is 5.65. The van der Waals surface area contributed by atoms with Gasteiger partial charge in [0.1, 0.15) is 0 Å². The van der Waals surface area contributed by atoms with E-state index in [1.165, 1.54) is 13.1 Å². The molecule has 0 atom stereocenters. The van der Waals surface area contributed by atoms with Crippen molar-refractivity contribution in [3.05, 3.63) is 28.0 Å². The molecule has 0 amide bonds. The highest BCUT2D eigenvalue weighted by Gasteiger charge is 2.19. The number of carboxylic acids is 1. The number of carboxylic acid groups (broad SMARTS) is 1. The van der Waals surface area contributed by atoms with Gasteiger partial charge in [0.2, 0.25) is 0 Å². The Bertz CT molecular complexity index is 396. The van der Waals surface area contributed by atoms with E-state index in [0.29, 0.717) is 0 Å². The van der Waals surface area contributed by atoms with Crippen molar-refractivity contribution < 1.29 is 18.7 Å². The molecule has 1 N–H and O–H groups in total. The van der Waals surface area contributed by atoms with E-state index in [9.17, 15) is 13.6 Å². The normalized spacial score (nSPS) is 10.7. The molecule has 0 saturated carbocycles. The minimum Gasteiger partial charge on any atom is -0.481 e. The summed E-state index contributed by atoms with van der Waals surface area (Å²) in [5, 5.41) is 8.25. The van der Waals surface area contributed by atoms with E-state index in [1.54, 1.807) is 0 Å². The third kappa shape index (κ3) is 2.62. The molecule has 82 valence electrons. The summed E-state index contributed by atoms with van der Waals surface area (Å²) in [6.45, 7) is 1.45. The number of carbonyl (C=O) groups is 1. The lowest BCUT2D eigenvalue weighted by atomic mass is 10.1. The van der Waals surface area contributed by atoms with Crippen molar-refractivity contribution in [2.45, 2.75) is 19.8 Å². The van der Waals surface area contributed by atoms with Gasteiger partial charge < -0.3 is 5.11 Å². The van der Waals surface area contributed by atoms with Gasteiger partial charge >= 0.3 is 5.97 Å². The van der Waals surface area contributed by atoms with Gasteiger partial charge in [0.05, 0.1) is 17.1 Å². The first kappa shape index (κ1) is 11.8. The second-order valence-corrected chi connectivity index (χ2v) is 3.36. The summed E-state index contributed by atoms with van der Waals surface area (Å²) < 4.78 is 25.1. The zero-order valence-electron chi connectivity index (χ0n) is 7.80. The number of hydrogen-bond donors (Lipinski definition) is 1. The van der Waals surface area contributed by atoms with E-state index in [0.717, 1.165) is 0 Å². The Balaban J connectivity index is 3.22. The summed E-state index contributed by atoms with van der Waals surface area (Å²) in [7, 11) is 0. The van der Waals surface area contributed by atoms with Crippen LogP contribution in [0.4, 0.5) is 8.78 Å². The molecule has 0 radical (unpaired) electrons. The molecule has 6 heteroatoms. The fourth-order valence-electron chi connectivity index (χ4n) is 1.16. The number of aliphatic carboxylic acids is 1. The molecular formula is C9H8ClF2NO2. The van der Waals surface area contributed by atoms with Crippen LogP contribution in [0.25, 0.3) is 0 Å². The zero-order chi connectivity index (χ0) is 11.6. The number of alkyl halides is 2. The van der Waals surface area contributed by atoms with Crippen molar-refractivity contribution in [1.29, 1.82) is 0 Å². The van der Waals surface area contributed by atoms with Gasteiger partial charge in [0, 0.05) is 11.8 Å². The van der Waals surface area contributed by atoms with E-state index < -0.39 is 18.8 Å². The number of nitrogens with zero attached hydrogens (tertiary/aromatic N) is 1. The summed E-state index contributed by atoms with van der Waals surface area (Å²) in [5.41, 5.74) is -0.128. The van der Waals surface area contributed by atoms with Gasteiger partial charge in [-0.1, -0.05) is 11.6 Å². The smallest absolute Gasteiger partial charge is 0.309 e. The summed E-state index contributed by atoms with van der Waals surface area (Å²) in [4.78, 5) is 14.1. The quantitative estimate of drug-likeness (QED) is 0.876. The predicted octanol–water partition coefficient (Wildman–Crippen LogP) is 2.61. The fourth-order valence-corrected chi connectivity index (χ4v) is 1.51. The molecule has 1 aromatic rings. The standard InChI is InChI=1S/C9H8ClF2NO2/c1-4-3-13-5(2-6(14)15)8(10)7(4)9(11)12/h3,9H,2H2,1H3,(H,14,15). The minimum atomic E-state index is -2.73. The predicted molar refractivity (Wildman–Crippen MR) is 50.3 cm³/mol. The van der Waals surface area contributed by atoms with Gasteiger partial charge in [0.15, 0.2) is 0 Å². The minimum absolute atomic E-state index is 0.0370. The largest absolute Gasteiger partial charge is 0.481 e. The second-order valence-electron chi connectivity index (χ2n) is 2.99. The highest BCUT2D eigenvalue weighted by Crippen LogP contribution is 2.31. The Morgan fingerprint density at radius 1 is 1.67 bits per heavy atom. The van der Waals surface area contributed by atoms with Crippen LogP contribution in [0.5, 0.6) is 0 Å². The first-order chi connectivity index (χ1) is 6.93. The number of aromatic nitrogens is 1. The molecule has 0 fully saturated rings. The lowest BCUT2D eigenvalue weighted by Crippen LogP contribution is -2.06. The van der Waals surface area contributed by atoms with Crippen molar-refractivity contribution in [1.82, 2.24) is 4.98 Å². The Kier molecular flexibility index (Phi) is 3.57. The first-order valence-electron chi connectivity index (χ1n) is 4.07. The maximum atomic E-state index is 12.5. The molecular weight excluding hydrogens is 228 g/mol. The first-order valence-corrected chi connectivity index (χ1v) is 4.45. The third-order valence-corrected chi connectivity index (χ3v) is 2.29. The maximum absolute atomic E-state index is 12.5. The Morgan fingerprint density at radius 3 is 2.73 bits per heavy atom. The van der Waals surface area contributed by atoms with Crippen LogP contribution in [-0.2, 0) is 11.2 Å². The number of halogens is 3. The highest BCUT2D eigenvalue weighted by molar-refractivity contribution is 6.32. The number of hydrogen-bond acceptors (Lipinski definition) is 2. The van der Waals surface area contributed by atoms with Crippen LogP contribution in [0.1, 0.15) is 23.2 Å². The SMILES string of the molecule is Cc1cnc(CC(=O)O)c(Cl)c1C(F)F. The Morgan fingerprint density at radius 2 is 2.27 bits per heavy atom. The topological polar surface area (TPSA) is 50.2 Å². The van der Waals surface area contributed by atoms with Crippen LogP contribution in [0.15, 0.2) is 6.20 Å². The van der Waals surface area contributed by atoms with Gasteiger partial charge in [-0.2, -0.15) is 0 Å². The lowest BCUT2D eigenvalue weighted by Gasteiger charge is -2.09. The Labute approximate surface area is 89.7 Å². The molecule has 0 saturated heterocycles. The molecule has 15 heavy (non-hydrogen) atoms. The summed E-state index contributed by atoms with van der Waals surface area (Å²) in [5.74, 6) is -1.16. The monoisotopic (exact) mass is 235 g/mol. The Hall–Kier alpha value is -1.23. The van der Waals surface area contributed by atoms with Gasteiger partial charge in [-0.3, -0.25) is 9.78 Å². The van der Waals surface area contributed by atoms with Crippen molar-refractivity contribution >= 4 is 17.6 Å². The maximum Gasteiger partial charge on any atom is 0.309 e. The third-order valence-electron chi connectivity index (χ3n) is 1.87. The lowest BCUT2D eigenvalue weighted by molar-refractivity contribution is -0.136. The number of pyridine rings is 1. The number of rotatable bonds is 3. The molecule has 0 bridgehead atoms. The van der Waals surface area contributed by atoms with Crippen LogP contribution in [0, 0.1) is 6.92 Å². The zero-order valence-corrected chi connectivity index (χ0v) is 8.55. The van der Waals surface area contributed by atoms with E-state index in [4.69, 9.17) is 16.7 Å². The fraction of sp³-hybridized carbons (Fsp3) is 0.333. The molecule has 0 aromatic carbocycles. The molecule has 0 aliphatic carbocycles. The van der Waals surface area contributed by atoms with E-state index in [2.05, 4.69) is 4.98 Å². The van der Waals surface area contributed by atoms with E-state index >= 15 is 0 Å². The molecule has 0 unspecified atom stereocenters. The van der Waals surface area contributed by atoms with Gasteiger partial charge in [-0.05, 0) is 12.5 Å².